The largest absolute Gasteiger partial charge is 0.492 e. The second kappa shape index (κ2) is 9.03. The van der Waals surface area contributed by atoms with Crippen LogP contribution in [0, 0.1) is 6.92 Å². The number of hydrogen-bond acceptors (Lipinski definition) is 6. The number of anilines is 1. The van der Waals surface area contributed by atoms with Gasteiger partial charge in [0.2, 0.25) is 16.7 Å². The van der Waals surface area contributed by atoms with Crippen molar-refractivity contribution in [2.75, 3.05) is 18.1 Å². The molecule has 0 aromatic heterocycles. The summed E-state index contributed by atoms with van der Waals surface area (Å²) in [6.45, 7) is 11.7. The van der Waals surface area contributed by atoms with Crippen LogP contribution >= 0.6 is 11.8 Å². The highest BCUT2D eigenvalue weighted by molar-refractivity contribution is 8.15. The highest BCUT2D eigenvalue weighted by atomic mass is 32.2. The van der Waals surface area contributed by atoms with Gasteiger partial charge in [0.1, 0.15) is 12.4 Å². The number of rotatable bonds is 4. The van der Waals surface area contributed by atoms with Crippen LogP contribution in [-0.4, -0.2) is 41.0 Å². The van der Waals surface area contributed by atoms with E-state index in [9.17, 15) is 14.4 Å². The summed E-state index contributed by atoms with van der Waals surface area (Å²) >= 11 is 1.07. The predicted molar refractivity (Wildman–Crippen MR) is 137 cm³/mol. The lowest BCUT2D eigenvalue weighted by Gasteiger charge is -2.29. The van der Waals surface area contributed by atoms with Crippen molar-refractivity contribution >= 4 is 40.3 Å². The summed E-state index contributed by atoms with van der Waals surface area (Å²) in [5.41, 5.74) is 3.57. The average molecular weight is 495 g/mol. The Balaban J connectivity index is 1.60. The van der Waals surface area contributed by atoms with Crippen LogP contribution in [0.5, 0.6) is 5.75 Å². The molecule has 35 heavy (non-hydrogen) atoms. The molecule has 184 valence electrons. The third kappa shape index (κ3) is 4.40. The maximum Gasteiger partial charge on any atom is 0.270 e. The molecule has 2 aliphatic rings. The molecule has 2 heterocycles. The van der Waals surface area contributed by atoms with E-state index in [0.29, 0.717) is 12.1 Å². The van der Waals surface area contributed by atoms with Crippen molar-refractivity contribution in [3.63, 3.8) is 0 Å². The maximum absolute atomic E-state index is 14.0. The predicted octanol–water partition coefficient (Wildman–Crippen LogP) is 3.87. The molecule has 2 aromatic carbocycles. The second-order valence-electron chi connectivity index (χ2n) is 9.71. The lowest BCUT2D eigenvalue weighted by atomic mass is 9.87. The number of carbonyl (C=O) groups excluding carboxylic acids is 3. The minimum Gasteiger partial charge on any atom is -0.492 e. The first-order valence-corrected chi connectivity index (χ1v) is 12.3. The number of fused-ring (bicyclic) bond motifs is 2. The van der Waals surface area contributed by atoms with Crippen molar-refractivity contribution in [1.29, 1.82) is 0 Å². The Morgan fingerprint density at radius 1 is 1.11 bits per heavy atom. The number of aryl methyl sites for hydroxylation is 1. The van der Waals surface area contributed by atoms with Crippen molar-refractivity contribution in [3.05, 3.63) is 59.2 Å². The summed E-state index contributed by atoms with van der Waals surface area (Å²) in [5.74, 6) is -0.288. The Labute approximate surface area is 209 Å². The average Bonchev–Trinajstić information content (AvgIpc) is 3.26. The minimum atomic E-state index is -1.40. The summed E-state index contributed by atoms with van der Waals surface area (Å²) in [4.78, 5) is 38.4. The van der Waals surface area contributed by atoms with E-state index in [0.717, 1.165) is 28.8 Å². The first-order valence-electron chi connectivity index (χ1n) is 11.5. The molecule has 0 bridgehead atoms. The fourth-order valence-corrected chi connectivity index (χ4v) is 5.70. The molecule has 0 radical (unpaired) electrons. The summed E-state index contributed by atoms with van der Waals surface area (Å²) in [5, 5.41) is 8.30. The topological polar surface area (TPSA) is 91.3 Å². The van der Waals surface area contributed by atoms with Gasteiger partial charge in [-0.3, -0.25) is 14.4 Å². The minimum absolute atomic E-state index is 0.0513. The number of para-hydroxylation sites is 1. The molecular weight excluding hydrogens is 464 g/mol. The molecule has 0 saturated carbocycles. The third-order valence-electron chi connectivity index (χ3n) is 6.03. The van der Waals surface area contributed by atoms with Gasteiger partial charge in [0.05, 0.1) is 12.2 Å². The van der Waals surface area contributed by atoms with Gasteiger partial charge >= 0.3 is 0 Å². The molecule has 8 nitrogen and oxygen atoms in total. The third-order valence-corrected chi connectivity index (χ3v) is 7.27. The number of amidine groups is 1. The Morgan fingerprint density at radius 2 is 1.80 bits per heavy atom. The van der Waals surface area contributed by atoms with E-state index >= 15 is 0 Å². The number of nitrogens with zero attached hydrogens (tertiary/aromatic N) is 3. The molecule has 1 atom stereocenters. The Bertz CT molecular complexity index is 1220. The fourth-order valence-electron chi connectivity index (χ4n) is 4.37. The molecule has 9 heteroatoms. The molecule has 4 rings (SSSR count). The van der Waals surface area contributed by atoms with E-state index < -0.39 is 10.8 Å². The van der Waals surface area contributed by atoms with Gasteiger partial charge in [-0.05, 0) is 47.4 Å². The number of thioether (sulfide) groups is 1. The van der Waals surface area contributed by atoms with Crippen molar-refractivity contribution in [1.82, 2.24) is 10.3 Å². The zero-order valence-electron chi connectivity index (χ0n) is 20.8. The Morgan fingerprint density at radius 3 is 2.40 bits per heavy atom. The normalized spacial score (nSPS) is 19.1. The number of carbonyl (C=O) groups is 3. The lowest BCUT2D eigenvalue weighted by molar-refractivity contribution is -0.139. The zero-order chi connectivity index (χ0) is 25.5. The number of hydrazone groups is 1. The van der Waals surface area contributed by atoms with Gasteiger partial charge in [-0.25, -0.2) is 0 Å². The molecule has 0 aliphatic carbocycles. The van der Waals surface area contributed by atoms with Crippen molar-refractivity contribution in [3.8, 4) is 5.75 Å². The van der Waals surface area contributed by atoms with Gasteiger partial charge in [-0.2, -0.15) is 5.01 Å². The van der Waals surface area contributed by atoms with Crippen LogP contribution < -0.4 is 15.0 Å². The highest BCUT2D eigenvalue weighted by Gasteiger charge is 2.61. The molecule has 3 amide bonds. The van der Waals surface area contributed by atoms with Crippen molar-refractivity contribution in [2.24, 2.45) is 5.10 Å². The van der Waals surface area contributed by atoms with Crippen molar-refractivity contribution in [2.45, 2.75) is 51.8 Å². The number of benzene rings is 2. The molecule has 1 spiro atoms. The van der Waals surface area contributed by atoms with Gasteiger partial charge in [-0.1, -0.05) is 51.1 Å². The van der Waals surface area contributed by atoms with E-state index in [1.165, 1.54) is 24.4 Å². The standard InChI is InChI=1S/C26H30N4O4S/c1-16-8-7-9-21-22(16)29(14-15-34-20-12-10-19(11-13-20)25(4,5)6)23(33)26(21)30(18(3)32)28-24(35-26)27-17(2)31/h7-13H,14-15H2,1-6H3,(H,27,28,31). The summed E-state index contributed by atoms with van der Waals surface area (Å²) in [6, 6.07) is 13.6. The van der Waals surface area contributed by atoms with Crippen LogP contribution in [0.3, 0.4) is 0 Å². The van der Waals surface area contributed by atoms with E-state index in [4.69, 9.17) is 4.74 Å². The monoisotopic (exact) mass is 494 g/mol. The lowest BCUT2D eigenvalue weighted by Crippen LogP contribution is -2.49. The van der Waals surface area contributed by atoms with Crippen LogP contribution in [0.15, 0.2) is 47.6 Å². The van der Waals surface area contributed by atoms with E-state index in [-0.39, 0.29) is 29.0 Å². The first kappa shape index (κ1) is 24.8. The summed E-state index contributed by atoms with van der Waals surface area (Å²) < 4.78 is 5.97. The van der Waals surface area contributed by atoms with Crippen LogP contribution in [0.2, 0.25) is 0 Å². The van der Waals surface area contributed by atoms with Crippen LogP contribution in [0.25, 0.3) is 0 Å². The number of ether oxygens (including phenoxy) is 1. The Kier molecular flexibility index (Phi) is 6.40. The summed E-state index contributed by atoms with van der Waals surface area (Å²) in [6.07, 6.45) is 0. The highest BCUT2D eigenvalue weighted by Crippen LogP contribution is 2.55. The molecule has 2 aromatic rings. The fraction of sp³-hybridized carbons (Fsp3) is 0.385. The van der Waals surface area contributed by atoms with Gasteiger partial charge in [0.15, 0.2) is 5.17 Å². The maximum atomic E-state index is 14.0. The van der Waals surface area contributed by atoms with Crippen LogP contribution in [-0.2, 0) is 24.7 Å². The number of amides is 3. The quantitative estimate of drug-likeness (QED) is 0.697. The second-order valence-corrected chi connectivity index (χ2v) is 10.9. The summed E-state index contributed by atoms with van der Waals surface area (Å²) in [7, 11) is 0. The van der Waals surface area contributed by atoms with Gasteiger partial charge in [-0.15, -0.1) is 5.10 Å². The molecule has 1 unspecified atom stereocenters. The molecule has 0 saturated heterocycles. The smallest absolute Gasteiger partial charge is 0.270 e. The van der Waals surface area contributed by atoms with E-state index in [2.05, 4.69) is 31.2 Å². The zero-order valence-corrected chi connectivity index (χ0v) is 21.7. The van der Waals surface area contributed by atoms with Crippen LogP contribution in [0.4, 0.5) is 5.69 Å². The van der Waals surface area contributed by atoms with E-state index in [1.807, 2.05) is 49.4 Å². The van der Waals surface area contributed by atoms with Gasteiger partial charge < -0.3 is 15.0 Å². The Hall–Kier alpha value is -3.33. The van der Waals surface area contributed by atoms with Crippen LogP contribution in [0.1, 0.15) is 51.3 Å². The van der Waals surface area contributed by atoms with Gasteiger partial charge in [0, 0.05) is 19.4 Å². The van der Waals surface area contributed by atoms with Gasteiger partial charge in [0.25, 0.3) is 5.91 Å². The number of hydrogen-bond donors (Lipinski definition) is 1. The molecule has 0 fully saturated rings. The molecule has 1 N–H and O–H groups in total. The van der Waals surface area contributed by atoms with Crippen molar-refractivity contribution < 1.29 is 19.1 Å². The SMILES string of the molecule is CC(=O)NC1=NN(C(C)=O)C2(S1)C(=O)N(CCOc1ccc(C(C)(C)C)cc1)c1c(C)cccc12. The van der Waals surface area contributed by atoms with E-state index in [1.54, 1.807) is 4.90 Å². The molecule has 2 aliphatic heterocycles. The molecular formula is C26H30N4O4S. The first-order chi connectivity index (χ1) is 16.4. The number of nitrogens with one attached hydrogen (secondary N) is 1.